The van der Waals surface area contributed by atoms with Gasteiger partial charge in [0.15, 0.2) is 11.5 Å². The molecule has 1 atom stereocenters. The van der Waals surface area contributed by atoms with Crippen molar-refractivity contribution in [2.75, 3.05) is 32.8 Å². The maximum absolute atomic E-state index is 10.4. The van der Waals surface area contributed by atoms with Gasteiger partial charge >= 0.3 is 0 Å². The van der Waals surface area contributed by atoms with Crippen LogP contribution >= 0.6 is 0 Å². The van der Waals surface area contributed by atoms with Crippen molar-refractivity contribution in [3.63, 3.8) is 0 Å². The van der Waals surface area contributed by atoms with Gasteiger partial charge in [0.1, 0.15) is 13.2 Å². The number of aliphatic hydroxyl groups excluding tert-OH is 1. The molecule has 0 aromatic heterocycles. The van der Waals surface area contributed by atoms with E-state index >= 15 is 0 Å². The zero-order valence-electron chi connectivity index (χ0n) is 15.0. The minimum absolute atomic E-state index is 0.419. The van der Waals surface area contributed by atoms with Gasteiger partial charge in [-0.3, -0.25) is 0 Å². The number of aliphatic hydroxyl groups is 1. The number of rotatable bonds is 4. The summed E-state index contributed by atoms with van der Waals surface area (Å²) in [5.74, 6) is 1.53. The van der Waals surface area contributed by atoms with Gasteiger partial charge in [-0.25, -0.2) is 0 Å². The van der Waals surface area contributed by atoms with Crippen molar-refractivity contribution in [2.45, 2.75) is 46.6 Å². The Morgan fingerprint density at radius 3 is 2.52 bits per heavy atom. The largest absolute Gasteiger partial charge is 0.486 e. The molecule has 0 bridgehead atoms. The predicted molar refractivity (Wildman–Crippen MR) is 93.2 cm³/mol. The van der Waals surface area contributed by atoms with E-state index in [2.05, 4.69) is 18.7 Å². The fourth-order valence-electron chi connectivity index (χ4n) is 3.15. The van der Waals surface area contributed by atoms with Gasteiger partial charge in [-0.05, 0) is 42.5 Å². The van der Waals surface area contributed by atoms with Crippen LogP contribution in [0.3, 0.4) is 0 Å². The molecule has 0 aliphatic carbocycles. The highest BCUT2D eigenvalue weighted by Gasteiger charge is 2.29. The second kappa shape index (κ2) is 8.02. The van der Waals surface area contributed by atoms with E-state index in [0.717, 1.165) is 43.1 Å². The van der Waals surface area contributed by atoms with Crippen molar-refractivity contribution in [3.8, 4) is 11.5 Å². The Morgan fingerprint density at radius 1 is 1.17 bits per heavy atom. The van der Waals surface area contributed by atoms with Crippen molar-refractivity contribution in [1.29, 1.82) is 0 Å². The van der Waals surface area contributed by atoms with E-state index in [1.807, 2.05) is 32.0 Å². The molecule has 2 heterocycles. The van der Waals surface area contributed by atoms with E-state index in [0.29, 0.717) is 18.6 Å². The van der Waals surface area contributed by atoms with E-state index in [-0.39, 0.29) is 0 Å². The van der Waals surface area contributed by atoms with Crippen LogP contribution in [0.15, 0.2) is 18.2 Å². The first-order chi connectivity index (χ1) is 11.0. The monoisotopic (exact) mass is 321 g/mol. The second-order valence-electron chi connectivity index (χ2n) is 6.90. The van der Waals surface area contributed by atoms with Gasteiger partial charge in [-0.15, -0.1) is 0 Å². The molecule has 1 N–H and O–H groups in total. The number of hydrogen-bond acceptors (Lipinski definition) is 4. The van der Waals surface area contributed by atoms with Crippen LogP contribution in [-0.2, 0) is 0 Å². The van der Waals surface area contributed by atoms with E-state index in [4.69, 9.17) is 9.47 Å². The molecule has 0 saturated carbocycles. The van der Waals surface area contributed by atoms with Crippen LogP contribution < -0.4 is 9.47 Å². The molecule has 1 aromatic carbocycles. The lowest BCUT2D eigenvalue weighted by Crippen LogP contribution is -2.25. The van der Waals surface area contributed by atoms with Gasteiger partial charge in [0, 0.05) is 13.1 Å². The molecule has 2 aliphatic heterocycles. The molecule has 130 valence electrons. The van der Waals surface area contributed by atoms with E-state index < -0.39 is 6.10 Å². The fraction of sp³-hybridized carbons (Fsp3) is 0.684. The summed E-state index contributed by atoms with van der Waals surface area (Å²) in [6, 6.07) is 5.74. The summed E-state index contributed by atoms with van der Waals surface area (Å²) in [6.07, 6.45) is 1.56. The van der Waals surface area contributed by atoms with E-state index in [1.54, 1.807) is 0 Å². The van der Waals surface area contributed by atoms with Gasteiger partial charge in [0.25, 0.3) is 0 Å². The van der Waals surface area contributed by atoms with Gasteiger partial charge in [-0.1, -0.05) is 33.8 Å². The Balaban J connectivity index is 0.000000924. The van der Waals surface area contributed by atoms with Gasteiger partial charge < -0.3 is 19.5 Å². The summed E-state index contributed by atoms with van der Waals surface area (Å²) in [5, 5.41) is 10.4. The number of nitrogens with zero attached hydrogens (tertiary/aromatic N) is 1. The summed E-state index contributed by atoms with van der Waals surface area (Å²) in [7, 11) is 0. The molecule has 3 rings (SSSR count). The first-order valence-corrected chi connectivity index (χ1v) is 8.83. The first-order valence-electron chi connectivity index (χ1n) is 8.83. The number of fused-ring (bicyclic) bond motifs is 1. The Kier molecular flexibility index (Phi) is 6.31. The lowest BCUT2D eigenvalue weighted by molar-refractivity contribution is 0.143. The average molecular weight is 321 g/mol. The summed E-state index contributed by atoms with van der Waals surface area (Å²) in [4.78, 5) is 2.45. The van der Waals surface area contributed by atoms with Crippen LogP contribution in [0, 0.1) is 5.41 Å². The lowest BCUT2D eigenvalue weighted by atomic mass is 9.93. The SMILES string of the molecule is CC.CC1(C)CCN(CCC(O)c2ccc3c(c2)OCCO3)C1. The molecule has 1 saturated heterocycles. The molecule has 1 fully saturated rings. The van der Waals surface area contributed by atoms with E-state index in [1.165, 1.54) is 6.42 Å². The normalized spacial score (nSPS) is 20.6. The van der Waals surface area contributed by atoms with Crippen molar-refractivity contribution in [3.05, 3.63) is 23.8 Å². The van der Waals surface area contributed by atoms with Gasteiger partial charge in [-0.2, -0.15) is 0 Å². The highest BCUT2D eigenvalue weighted by atomic mass is 16.6. The molecule has 1 unspecified atom stereocenters. The number of likely N-dealkylation sites (tertiary alicyclic amines) is 1. The summed E-state index contributed by atoms with van der Waals surface area (Å²) < 4.78 is 11.1. The third kappa shape index (κ3) is 4.85. The van der Waals surface area contributed by atoms with Crippen molar-refractivity contribution in [2.24, 2.45) is 5.41 Å². The number of benzene rings is 1. The van der Waals surface area contributed by atoms with Gasteiger partial charge in [0.05, 0.1) is 6.10 Å². The Morgan fingerprint density at radius 2 is 1.87 bits per heavy atom. The third-order valence-electron chi connectivity index (χ3n) is 4.43. The molecule has 0 radical (unpaired) electrons. The summed E-state index contributed by atoms with van der Waals surface area (Å²) in [6.45, 7) is 13.0. The molecule has 4 heteroatoms. The van der Waals surface area contributed by atoms with Crippen LogP contribution in [0.2, 0.25) is 0 Å². The topological polar surface area (TPSA) is 41.9 Å². The summed E-state index contributed by atoms with van der Waals surface area (Å²) in [5.41, 5.74) is 1.33. The minimum Gasteiger partial charge on any atom is -0.486 e. The quantitative estimate of drug-likeness (QED) is 0.919. The zero-order chi connectivity index (χ0) is 16.9. The summed E-state index contributed by atoms with van der Waals surface area (Å²) >= 11 is 0. The maximum atomic E-state index is 10.4. The molecular weight excluding hydrogens is 290 g/mol. The van der Waals surface area contributed by atoms with Crippen molar-refractivity contribution < 1.29 is 14.6 Å². The molecular formula is C19H31NO3. The maximum Gasteiger partial charge on any atom is 0.161 e. The molecule has 0 spiro atoms. The van der Waals surface area contributed by atoms with Crippen LogP contribution in [0.1, 0.15) is 52.2 Å². The highest BCUT2D eigenvalue weighted by Crippen LogP contribution is 2.34. The number of ether oxygens (including phenoxy) is 2. The molecule has 4 nitrogen and oxygen atoms in total. The zero-order valence-corrected chi connectivity index (χ0v) is 15.0. The smallest absolute Gasteiger partial charge is 0.161 e. The predicted octanol–water partition coefficient (Wildman–Crippen LogP) is 3.64. The third-order valence-corrected chi connectivity index (χ3v) is 4.43. The second-order valence-corrected chi connectivity index (χ2v) is 6.90. The Hall–Kier alpha value is -1.26. The van der Waals surface area contributed by atoms with Crippen molar-refractivity contribution in [1.82, 2.24) is 4.90 Å². The van der Waals surface area contributed by atoms with Crippen LogP contribution in [0.5, 0.6) is 11.5 Å². The molecule has 2 aliphatic rings. The standard InChI is InChI=1S/C17H25NO3.C2H6/c1-17(2)6-8-18(12-17)7-5-14(19)13-3-4-15-16(11-13)21-10-9-20-15;1-2/h3-4,11,14,19H,5-10,12H2,1-2H3;1-2H3. The average Bonchev–Trinajstić information content (AvgIpc) is 2.93. The molecule has 23 heavy (non-hydrogen) atoms. The molecule has 1 aromatic rings. The first kappa shape index (κ1) is 18.1. The Bertz CT molecular complexity index is 501. The Labute approximate surface area is 140 Å². The van der Waals surface area contributed by atoms with Crippen LogP contribution in [0.25, 0.3) is 0 Å². The van der Waals surface area contributed by atoms with E-state index in [9.17, 15) is 5.11 Å². The van der Waals surface area contributed by atoms with Gasteiger partial charge in [0.2, 0.25) is 0 Å². The highest BCUT2D eigenvalue weighted by molar-refractivity contribution is 5.44. The van der Waals surface area contributed by atoms with Crippen LogP contribution in [0.4, 0.5) is 0 Å². The van der Waals surface area contributed by atoms with Crippen LogP contribution in [-0.4, -0.2) is 42.9 Å². The fourth-order valence-corrected chi connectivity index (χ4v) is 3.15. The molecule has 0 amide bonds. The minimum atomic E-state index is -0.440. The van der Waals surface area contributed by atoms with Crippen molar-refractivity contribution >= 4 is 0 Å². The lowest BCUT2D eigenvalue weighted by Gasteiger charge is -2.22. The number of hydrogen-bond donors (Lipinski definition) is 1.